The summed E-state index contributed by atoms with van der Waals surface area (Å²) in [5, 5.41) is 2.89. The molecule has 0 bridgehead atoms. The van der Waals surface area contributed by atoms with Gasteiger partial charge in [-0.3, -0.25) is 9.59 Å². The smallest absolute Gasteiger partial charge is 0.294 e. The number of fused-ring (bicyclic) bond motifs is 1. The van der Waals surface area contributed by atoms with Crippen molar-refractivity contribution in [2.75, 3.05) is 18.0 Å². The van der Waals surface area contributed by atoms with Gasteiger partial charge in [-0.15, -0.1) is 0 Å². The van der Waals surface area contributed by atoms with E-state index >= 15 is 0 Å². The molecule has 3 rings (SSSR count). The molecule has 1 aromatic carbocycles. The first-order chi connectivity index (χ1) is 13.1. The van der Waals surface area contributed by atoms with E-state index in [2.05, 4.69) is 10.3 Å². The number of amides is 2. The fourth-order valence-corrected chi connectivity index (χ4v) is 3.57. The predicted molar refractivity (Wildman–Crippen MR) is 106 cm³/mol. The number of hydrogen-bond donors (Lipinski definition) is 1. The molecule has 6 heteroatoms. The van der Waals surface area contributed by atoms with Crippen LogP contribution in [0.5, 0.6) is 0 Å². The summed E-state index contributed by atoms with van der Waals surface area (Å²) in [5.74, 6) is 0.0376. The molecular formula is C21H28N4O2. The lowest BCUT2D eigenvalue weighted by Gasteiger charge is -2.23. The minimum absolute atomic E-state index is 0.152. The Balaban J connectivity index is 1.98. The van der Waals surface area contributed by atoms with Gasteiger partial charge in [0, 0.05) is 25.3 Å². The second-order valence-electron chi connectivity index (χ2n) is 6.98. The first kappa shape index (κ1) is 19.1. The standard InChI is InChI=1S/C21H28N4O2/c1-4-12-22-20(26)18-17-11-6-7-13-25(17)19(23-18)21(27)24(5-2)16-10-8-9-15(3)14-16/h8-10,14H,4-7,11-13H2,1-3H3,(H,22,26). The molecule has 2 heterocycles. The van der Waals surface area contributed by atoms with Crippen LogP contribution in [0.25, 0.3) is 0 Å². The van der Waals surface area contributed by atoms with E-state index in [4.69, 9.17) is 0 Å². The number of anilines is 1. The summed E-state index contributed by atoms with van der Waals surface area (Å²) in [5.41, 5.74) is 3.25. The van der Waals surface area contributed by atoms with Crippen molar-refractivity contribution in [1.29, 1.82) is 0 Å². The number of benzene rings is 1. The van der Waals surface area contributed by atoms with Crippen LogP contribution >= 0.6 is 0 Å². The molecule has 1 N–H and O–H groups in total. The van der Waals surface area contributed by atoms with E-state index in [0.717, 1.165) is 49.2 Å². The van der Waals surface area contributed by atoms with Crippen molar-refractivity contribution >= 4 is 17.5 Å². The normalized spacial score (nSPS) is 13.1. The maximum absolute atomic E-state index is 13.3. The molecule has 1 aromatic heterocycles. The van der Waals surface area contributed by atoms with Crippen molar-refractivity contribution in [2.24, 2.45) is 0 Å². The first-order valence-corrected chi connectivity index (χ1v) is 9.83. The van der Waals surface area contributed by atoms with Crippen LogP contribution in [-0.4, -0.2) is 34.5 Å². The average molecular weight is 368 g/mol. The highest BCUT2D eigenvalue weighted by Gasteiger charge is 2.29. The molecule has 0 fully saturated rings. The molecule has 0 spiro atoms. The molecule has 2 amide bonds. The van der Waals surface area contributed by atoms with Crippen LogP contribution in [0.4, 0.5) is 5.69 Å². The molecule has 0 unspecified atom stereocenters. The third-order valence-corrected chi connectivity index (χ3v) is 4.93. The third kappa shape index (κ3) is 3.89. The Labute approximate surface area is 160 Å². The van der Waals surface area contributed by atoms with Gasteiger partial charge in [-0.05, 0) is 57.2 Å². The zero-order valence-electron chi connectivity index (χ0n) is 16.4. The van der Waals surface area contributed by atoms with Gasteiger partial charge in [0.1, 0.15) is 5.69 Å². The Hall–Kier alpha value is -2.63. The van der Waals surface area contributed by atoms with Gasteiger partial charge in [-0.2, -0.15) is 0 Å². The Morgan fingerprint density at radius 2 is 2.07 bits per heavy atom. The van der Waals surface area contributed by atoms with Crippen LogP contribution in [0.3, 0.4) is 0 Å². The molecule has 1 aliphatic rings. The lowest BCUT2D eigenvalue weighted by Crippen LogP contribution is -2.33. The highest BCUT2D eigenvalue weighted by molar-refractivity contribution is 6.05. The van der Waals surface area contributed by atoms with Gasteiger partial charge in [0.05, 0.1) is 5.69 Å². The van der Waals surface area contributed by atoms with E-state index in [1.54, 1.807) is 4.90 Å². The van der Waals surface area contributed by atoms with E-state index < -0.39 is 0 Å². The second-order valence-corrected chi connectivity index (χ2v) is 6.98. The molecule has 144 valence electrons. The number of carbonyl (C=O) groups is 2. The summed E-state index contributed by atoms with van der Waals surface area (Å²) in [6.07, 6.45) is 3.66. The van der Waals surface area contributed by atoms with E-state index in [-0.39, 0.29) is 11.8 Å². The van der Waals surface area contributed by atoms with Crippen molar-refractivity contribution in [2.45, 2.75) is 53.0 Å². The van der Waals surface area contributed by atoms with Crippen LogP contribution in [0.1, 0.15) is 65.5 Å². The van der Waals surface area contributed by atoms with Gasteiger partial charge in [-0.1, -0.05) is 19.1 Å². The zero-order valence-corrected chi connectivity index (χ0v) is 16.4. The van der Waals surface area contributed by atoms with Crippen molar-refractivity contribution in [3.05, 3.63) is 47.0 Å². The van der Waals surface area contributed by atoms with E-state index in [9.17, 15) is 9.59 Å². The number of nitrogens with zero attached hydrogens (tertiary/aromatic N) is 3. The molecule has 0 saturated heterocycles. The van der Waals surface area contributed by atoms with Gasteiger partial charge in [0.2, 0.25) is 5.82 Å². The SMILES string of the molecule is CCCNC(=O)c1nc(C(=O)N(CC)c2cccc(C)c2)n2c1CCCC2. The quantitative estimate of drug-likeness (QED) is 0.850. The fourth-order valence-electron chi connectivity index (χ4n) is 3.57. The molecule has 0 radical (unpaired) electrons. The van der Waals surface area contributed by atoms with Crippen LogP contribution in [0, 0.1) is 6.92 Å². The number of hydrogen-bond acceptors (Lipinski definition) is 3. The van der Waals surface area contributed by atoms with Gasteiger partial charge in [-0.25, -0.2) is 4.98 Å². The van der Waals surface area contributed by atoms with Gasteiger partial charge >= 0.3 is 0 Å². The minimum atomic E-state index is -0.180. The van der Waals surface area contributed by atoms with Crippen LogP contribution in [0.15, 0.2) is 24.3 Å². The molecule has 27 heavy (non-hydrogen) atoms. The summed E-state index contributed by atoms with van der Waals surface area (Å²) < 4.78 is 1.95. The fraction of sp³-hybridized carbons (Fsp3) is 0.476. The third-order valence-electron chi connectivity index (χ3n) is 4.93. The number of nitrogens with one attached hydrogen (secondary N) is 1. The molecule has 6 nitrogen and oxygen atoms in total. The summed E-state index contributed by atoms with van der Waals surface area (Å²) in [7, 11) is 0. The largest absolute Gasteiger partial charge is 0.351 e. The highest BCUT2D eigenvalue weighted by atomic mass is 16.2. The van der Waals surface area contributed by atoms with Crippen molar-refractivity contribution in [3.8, 4) is 0 Å². The topological polar surface area (TPSA) is 67.2 Å². The number of carbonyl (C=O) groups excluding carboxylic acids is 2. The van der Waals surface area contributed by atoms with Gasteiger partial charge < -0.3 is 14.8 Å². The Morgan fingerprint density at radius 1 is 1.26 bits per heavy atom. The second kappa shape index (κ2) is 8.37. The first-order valence-electron chi connectivity index (χ1n) is 9.83. The van der Waals surface area contributed by atoms with Crippen LogP contribution < -0.4 is 10.2 Å². The van der Waals surface area contributed by atoms with Crippen molar-refractivity contribution in [1.82, 2.24) is 14.9 Å². The minimum Gasteiger partial charge on any atom is -0.351 e. The Morgan fingerprint density at radius 3 is 2.78 bits per heavy atom. The van der Waals surface area contributed by atoms with Gasteiger partial charge in [0.25, 0.3) is 11.8 Å². The molecule has 0 atom stereocenters. The Bertz CT molecular complexity index is 841. The molecule has 1 aliphatic heterocycles. The zero-order chi connectivity index (χ0) is 19.4. The number of rotatable bonds is 6. The predicted octanol–water partition coefficient (Wildman–Crippen LogP) is 3.33. The van der Waals surface area contributed by atoms with Crippen LogP contribution in [-0.2, 0) is 13.0 Å². The summed E-state index contributed by atoms with van der Waals surface area (Å²) in [6.45, 7) is 7.86. The highest BCUT2D eigenvalue weighted by Crippen LogP contribution is 2.24. The molecular weight excluding hydrogens is 340 g/mol. The average Bonchev–Trinajstić information content (AvgIpc) is 3.06. The maximum atomic E-state index is 13.3. The summed E-state index contributed by atoms with van der Waals surface area (Å²) >= 11 is 0. The van der Waals surface area contributed by atoms with Crippen LogP contribution in [0.2, 0.25) is 0 Å². The van der Waals surface area contributed by atoms with E-state index in [0.29, 0.717) is 24.6 Å². The van der Waals surface area contributed by atoms with Crippen molar-refractivity contribution in [3.63, 3.8) is 0 Å². The Kier molecular flexibility index (Phi) is 5.94. The maximum Gasteiger partial charge on any atom is 0.294 e. The van der Waals surface area contributed by atoms with Crippen molar-refractivity contribution < 1.29 is 9.59 Å². The molecule has 0 aliphatic carbocycles. The number of aryl methyl sites for hydroxylation is 1. The monoisotopic (exact) mass is 368 g/mol. The lowest BCUT2D eigenvalue weighted by atomic mass is 10.1. The number of imidazole rings is 1. The summed E-state index contributed by atoms with van der Waals surface area (Å²) in [4.78, 5) is 32.1. The number of aromatic nitrogens is 2. The molecule has 2 aromatic rings. The molecule has 0 saturated carbocycles. The van der Waals surface area contributed by atoms with E-state index in [1.165, 1.54) is 0 Å². The summed E-state index contributed by atoms with van der Waals surface area (Å²) in [6, 6.07) is 7.89. The van der Waals surface area contributed by atoms with Gasteiger partial charge in [0.15, 0.2) is 0 Å². The lowest BCUT2D eigenvalue weighted by molar-refractivity contribution is 0.0947. The van der Waals surface area contributed by atoms with E-state index in [1.807, 2.05) is 49.6 Å².